The first-order valence-corrected chi connectivity index (χ1v) is 20.5. The lowest BCUT2D eigenvalue weighted by molar-refractivity contribution is -0.121. The van der Waals surface area contributed by atoms with Crippen LogP contribution < -0.4 is 20.1 Å². The molecule has 2 aromatic rings. The number of aliphatic hydroxyl groups excluding tert-OH is 1. The quantitative estimate of drug-likeness (QED) is 0.181. The van der Waals surface area contributed by atoms with E-state index < -0.39 is 46.1 Å². The summed E-state index contributed by atoms with van der Waals surface area (Å²) in [6, 6.07) is 13.0. The van der Waals surface area contributed by atoms with E-state index in [1.54, 1.807) is 6.07 Å². The van der Waals surface area contributed by atoms with E-state index in [1.165, 1.54) is 42.1 Å². The third-order valence-electron chi connectivity index (χ3n) is 10.9. The summed E-state index contributed by atoms with van der Waals surface area (Å²) >= 11 is 0. The predicted octanol–water partition coefficient (Wildman–Crippen LogP) is 4.76. The third kappa shape index (κ3) is 10.6. The van der Waals surface area contributed by atoms with E-state index in [0.717, 1.165) is 12.0 Å². The molecule has 4 aliphatic rings. The molecule has 0 radical (unpaired) electrons. The summed E-state index contributed by atoms with van der Waals surface area (Å²) < 4.78 is 58.0. The maximum absolute atomic E-state index is 14.4. The van der Waals surface area contributed by atoms with Crippen molar-refractivity contribution in [1.29, 1.82) is 0 Å². The van der Waals surface area contributed by atoms with Crippen LogP contribution in [0.3, 0.4) is 0 Å². The van der Waals surface area contributed by atoms with Gasteiger partial charge in [-0.2, -0.15) is 4.31 Å². The van der Waals surface area contributed by atoms with Crippen molar-refractivity contribution in [3.8, 4) is 11.5 Å². The van der Waals surface area contributed by atoms with Crippen molar-refractivity contribution >= 4 is 22.0 Å². The summed E-state index contributed by atoms with van der Waals surface area (Å²) in [6.45, 7) is 4.96. The molecule has 13 nitrogen and oxygen atoms in total. The Balaban J connectivity index is 1.14. The summed E-state index contributed by atoms with van der Waals surface area (Å²) in [5, 5.41) is 17.7. The molecule has 3 heterocycles. The average Bonchev–Trinajstić information content (AvgIpc) is 3.96. The minimum Gasteiger partial charge on any atom is -0.454 e. The van der Waals surface area contributed by atoms with Gasteiger partial charge in [0, 0.05) is 32.1 Å². The number of carbonyl (C=O) groups is 2. The van der Waals surface area contributed by atoms with Crippen LogP contribution in [0.1, 0.15) is 77.2 Å². The largest absolute Gasteiger partial charge is 0.454 e. The van der Waals surface area contributed by atoms with Crippen LogP contribution in [0.2, 0.25) is 0 Å². The van der Waals surface area contributed by atoms with Gasteiger partial charge < -0.3 is 39.4 Å². The lowest BCUT2D eigenvalue weighted by Gasteiger charge is -2.35. The predicted molar refractivity (Wildman–Crippen MR) is 196 cm³/mol. The maximum atomic E-state index is 14.4. The molecule has 3 aliphatic heterocycles. The Morgan fingerprint density at radius 1 is 1.04 bits per heavy atom. The zero-order chi connectivity index (χ0) is 37.4. The van der Waals surface area contributed by atoms with Crippen LogP contribution in [0.5, 0.6) is 11.5 Å². The van der Waals surface area contributed by atoms with Gasteiger partial charge in [0.05, 0.1) is 36.2 Å². The monoisotopic (exact) mass is 757 g/mol. The van der Waals surface area contributed by atoms with Gasteiger partial charge in [-0.3, -0.25) is 4.79 Å². The molecule has 14 heteroatoms. The molecule has 2 saturated heterocycles. The molecule has 3 N–H and O–H groups in total. The molecule has 3 fully saturated rings. The Labute approximate surface area is 313 Å². The lowest BCUT2D eigenvalue weighted by atomic mass is 9.87. The van der Waals surface area contributed by atoms with Gasteiger partial charge in [0.15, 0.2) is 17.8 Å². The van der Waals surface area contributed by atoms with E-state index in [2.05, 4.69) is 10.6 Å². The first kappa shape index (κ1) is 39.3. The highest BCUT2D eigenvalue weighted by atomic mass is 32.2. The van der Waals surface area contributed by atoms with Crippen LogP contribution in [0.25, 0.3) is 0 Å². The van der Waals surface area contributed by atoms with E-state index in [9.17, 15) is 23.1 Å². The Hall–Kier alpha value is -3.43. The highest BCUT2D eigenvalue weighted by molar-refractivity contribution is 7.89. The van der Waals surface area contributed by atoms with Crippen LogP contribution in [-0.2, 0) is 35.4 Å². The Morgan fingerprint density at radius 3 is 2.60 bits per heavy atom. The van der Waals surface area contributed by atoms with Gasteiger partial charge in [-0.05, 0) is 61.1 Å². The SMILES string of the molecule is CC(C)(CCCNC(=O)CCC1CCCC1)CN(C[C@@H](O)[C@H](Cc1ccccc1)NC(=O)O[C@H]1CO[C@H]2OCC[C@H]21)S(=O)(=O)c1ccc2c(c1)OCO2. The fourth-order valence-electron chi connectivity index (χ4n) is 7.87. The fraction of sp³-hybridized carbons (Fsp3) is 0.641. The molecule has 2 amide bonds. The average molecular weight is 758 g/mol. The van der Waals surface area contributed by atoms with Crippen molar-refractivity contribution < 1.29 is 46.8 Å². The topological polar surface area (TPSA) is 162 Å². The fourth-order valence-corrected chi connectivity index (χ4v) is 9.53. The minimum absolute atomic E-state index is 0.000763. The molecule has 53 heavy (non-hydrogen) atoms. The van der Waals surface area contributed by atoms with Crippen LogP contribution in [0.15, 0.2) is 53.4 Å². The van der Waals surface area contributed by atoms with Gasteiger partial charge in [0.1, 0.15) is 6.10 Å². The molecule has 2 aromatic carbocycles. The number of alkyl carbamates (subject to hydrolysis) is 1. The molecule has 6 rings (SSSR count). The first-order valence-electron chi connectivity index (χ1n) is 19.1. The number of sulfonamides is 1. The zero-order valence-electron chi connectivity index (χ0n) is 30.9. The number of hydrogen-bond donors (Lipinski definition) is 3. The van der Waals surface area contributed by atoms with E-state index in [-0.39, 0.29) is 49.6 Å². The number of ether oxygens (including phenoxy) is 5. The molecule has 292 valence electrons. The van der Waals surface area contributed by atoms with E-state index >= 15 is 0 Å². The van der Waals surface area contributed by atoms with Crippen molar-refractivity contribution in [3.63, 3.8) is 0 Å². The number of hydrogen-bond acceptors (Lipinski definition) is 10. The summed E-state index contributed by atoms with van der Waals surface area (Å²) in [5.74, 6) is 1.42. The second-order valence-corrected chi connectivity index (χ2v) is 17.5. The van der Waals surface area contributed by atoms with Crippen molar-refractivity contribution in [1.82, 2.24) is 14.9 Å². The number of amides is 2. The smallest absolute Gasteiger partial charge is 0.407 e. The molecule has 0 spiro atoms. The third-order valence-corrected chi connectivity index (χ3v) is 12.7. The standard InChI is InChI=1S/C39H55N3O10S/c1-39(2,18-8-19-40-36(44)16-13-27-9-6-7-10-27)25-42(53(46,47)29-14-15-33-34(22-29)51-26-50-33)23-32(43)31(21-28-11-4-3-5-12-28)41-38(45)52-35-24-49-37-30(35)17-20-48-37/h3-5,11-12,14-15,22,27,30-32,35,37,43H,6-10,13,16-21,23-26H2,1-2H3,(H,40,44)(H,41,45)/t30-,31-,32+,35-,37+/m0/s1. The summed E-state index contributed by atoms with van der Waals surface area (Å²) in [6.07, 6.45) is 5.69. The Kier molecular flexibility index (Phi) is 13.2. The molecular formula is C39H55N3O10S. The normalized spacial score (nSPS) is 22.5. The summed E-state index contributed by atoms with van der Waals surface area (Å²) in [4.78, 5) is 25.8. The molecule has 5 atom stereocenters. The van der Waals surface area contributed by atoms with E-state index in [0.29, 0.717) is 56.3 Å². The molecule has 1 aliphatic carbocycles. The molecule has 0 bridgehead atoms. The number of nitrogens with zero attached hydrogens (tertiary/aromatic N) is 1. The number of benzene rings is 2. The van der Waals surface area contributed by atoms with E-state index in [4.69, 9.17) is 23.7 Å². The van der Waals surface area contributed by atoms with Gasteiger partial charge in [-0.15, -0.1) is 0 Å². The van der Waals surface area contributed by atoms with Gasteiger partial charge in [0.2, 0.25) is 22.7 Å². The second kappa shape index (κ2) is 17.8. The van der Waals surface area contributed by atoms with Crippen molar-refractivity contribution in [3.05, 3.63) is 54.1 Å². The lowest BCUT2D eigenvalue weighted by Crippen LogP contribution is -2.52. The first-order chi connectivity index (χ1) is 25.5. The maximum Gasteiger partial charge on any atom is 0.407 e. The van der Waals surface area contributed by atoms with Crippen LogP contribution >= 0.6 is 0 Å². The molecule has 0 unspecified atom stereocenters. The number of fused-ring (bicyclic) bond motifs is 2. The summed E-state index contributed by atoms with van der Waals surface area (Å²) in [7, 11) is -4.18. The molecular weight excluding hydrogens is 703 g/mol. The van der Waals surface area contributed by atoms with Crippen LogP contribution in [0, 0.1) is 17.3 Å². The van der Waals surface area contributed by atoms with Crippen molar-refractivity contribution in [2.75, 3.05) is 39.6 Å². The van der Waals surface area contributed by atoms with Gasteiger partial charge in [-0.25, -0.2) is 13.2 Å². The van der Waals surface area contributed by atoms with Crippen LogP contribution in [-0.4, -0.2) is 94.0 Å². The highest BCUT2D eigenvalue weighted by Gasteiger charge is 2.44. The summed E-state index contributed by atoms with van der Waals surface area (Å²) in [5.41, 5.74) is 0.308. The number of nitrogens with one attached hydrogen (secondary N) is 2. The molecule has 1 saturated carbocycles. The zero-order valence-corrected chi connectivity index (χ0v) is 31.7. The van der Waals surface area contributed by atoms with Gasteiger partial charge in [0.25, 0.3) is 0 Å². The van der Waals surface area contributed by atoms with Crippen LogP contribution in [0.4, 0.5) is 4.79 Å². The van der Waals surface area contributed by atoms with Gasteiger partial charge >= 0.3 is 6.09 Å². The van der Waals surface area contributed by atoms with E-state index in [1.807, 2.05) is 44.2 Å². The Bertz CT molecular complexity index is 1630. The van der Waals surface area contributed by atoms with Crippen molar-refractivity contribution in [2.24, 2.45) is 17.3 Å². The molecule has 0 aromatic heterocycles. The number of rotatable bonds is 18. The van der Waals surface area contributed by atoms with Crippen molar-refractivity contribution in [2.45, 2.75) is 107 Å². The Morgan fingerprint density at radius 2 is 1.81 bits per heavy atom. The number of aliphatic hydroxyl groups is 1. The second-order valence-electron chi connectivity index (χ2n) is 15.6. The van der Waals surface area contributed by atoms with Gasteiger partial charge in [-0.1, -0.05) is 69.9 Å². The number of carbonyl (C=O) groups excluding carboxylic acids is 2. The highest BCUT2D eigenvalue weighted by Crippen LogP contribution is 2.36. The minimum atomic E-state index is -4.18.